The number of amides is 1. The lowest BCUT2D eigenvalue weighted by molar-refractivity contribution is -0.384. The summed E-state index contributed by atoms with van der Waals surface area (Å²) < 4.78 is 5.74. The van der Waals surface area contributed by atoms with E-state index < -0.39 is 0 Å². The number of fused-ring (bicyclic) bond motifs is 1. The molecule has 3 aromatic rings. The number of hydrogen-bond acceptors (Lipinski definition) is 6. The van der Waals surface area contributed by atoms with Gasteiger partial charge in [0, 0.05) is 56.6 Å². The number of nitro benzene ring substituents is 1. The smallest absolute Gasteiger partial charge is 0.292 e. The van der Waals surface area contributed by atoms with E-state index in [1.165, 1.54) is 11.1 Å². The molecular formula is C29H32N4O4. The van der Waals surface area contributed by atoms with E-state index in [9.17, 15) is 14.9 Å². The molecule has 37 heavy (non-hydrogen) atoms. The van der Waals surface area contributed by atoms with Gasteiger partial charge in [-0.25, -0.2) is 0 Å². The molecule has 3 aromatic carbocycles. The van der Waals surface area contributed by atoms with E-state index in [0.717, 1.165) is 18.7 Å². The molecule has 0 saturated carbocycles. The summed E-state index contributed by atoms with van der Waals surface area (Å²) in [6.45, 7) is 7.80. The molecule has 0 radical (unpaired) electrons. The fourth-order valence-corrected chi connectivity index (χ4v) is 5.14. The van der Waals surface area contributed by atoms with Gasteiger partial charge in [-0.1, -0.05) is 30.3 Å². The maximum Gasteiger partial charge on any atom is 0.292 e. The van der Waals surface area contributed by atoms with Crippen LogP contribution in [0.1, 0.15) is 35.3 Å². The normalized spacial score (nSPS) is 15.5. The molecule has 2 heterocycles. The molecule has 0 aliphatic carbocycles. The first-order valence-corrected chi connectivity index (χ1v) is 12.8. The van der Waals surface area contributed by atoms with Crippen molar-refractivity contribution in [2.75, 3.05) is 42.5 Å². The van der Waals surface area contributed by atoms with Crippen LogP contribution in [-0.2, 0) is 13.0 Å². The van der Waals surface area contributed by atoms with Crippen molar-refractivity contribution >= 4 is 23.0 Å². The van der Waals surface area contributed by atoms with Crippen LogP contribution < -0.4 is 14.5 Å². The first kappa shape index (κ1) is 24.6. The molecule has 1 amide bonds. The van der Waals surface area contributed by atoms with Crippen LogP contribution in [0, 0.1) is 10.1 Å². The number of anilines is 2. The van der Waals surface area contributed by atoms with Crippen molar-refractivity contribution in [1.29, 1.82) is 0 Å². The molecule has 0 unspecified atom stereocenters. The molecular weight excluding hydrogens is 468 g/mol. The average Bonchev–Trinajstić information content (AvgIpc) is 2.92. The Bertz CT molecular complexity index is 1300. The van der Waals surface area contributed by atoms with Crippen molar-refractivity contribution in [3.8, 4) is 5.75 Å². The molecule has 0 bridgehead atoms. The van der Waals surface area contributed by atoms with E-state index in [1.807, 2.05) is 61.2 Å². The number of nitro groups is 1. The van der Waals surface area contributed by atoms with Gasteiger partial charge in [0.25, 0.3) is 11.6 Å². The van der Waals surface area contributed by atoms with Crippen molar-refractivity contribution in [2.24, 2.45) is 0 Å². The maximum atomic E-state index is 13.1. The van der Waals surface area contributed by atoms with E-state index in [-0.39, 0.29) is 22.6 Å². The number of nitrogens with zero attached hydrogens (tertiary/aromatic N) is 4. The van der Waals surface area contributed by atoms with E-state index in [1.54, 1.807) is 12.1 Å². The number of carbonyl (C=O) groups is 1. The highest BCUT2D eigenvalue weighted by Gasteiger charge is 2.27. The molecule has 8 nitrogen and oxygen atoms in total. The minimum atomic E-state index is -0.298. The predicted molar refractivity (Wildman–Crippen MR) is 145 cm³/mol. The van der Waals surface area contributed by atoms with Gasteiger partial charge in [-0.3, -0.25) is 14.9 Å². The summed E-state index contributed by atoms with van der Waals surface area (Å²) in [5.74, 6) is 0.684. The zero-order valence-electron chi connectivity index (χ0n) is 21.3. The number of rotatable bonds is 6. The number of benzene rings is 3. The van der Waals surface area contributed by atoms with E-state index in [0.29, 0.717) is 49.7 Å². The Balaban J connectivity index is 1.30. The topological polar surface area (TPSA) is 79.2 Å². The lowest BCUT2D eigenvalue weighted by Crippen LogP contribution is -2.48. The fourth-order valence-electron chi connectivity index (χ4n) is 5.14. The number of hydrogen-bond donors (Lipinski definition) is 0. The largest absolute Gasteiger partial charge is 0.491 e. The lowest BCUT2D eigenvalue weighted by Gasteiger charge is -2.37. The van der Waals surface area contributed by atoms with Crippen LogP contribution in [0.4, 0.5) is 17.1 Å². The van der Waals surface area contributed by atoms with Gasteiger partial charge in [0.15, 0.2) is 0 Å². The molecule has 2 aliphatic rings. The fraction of sp³-hybridized carbons (Fsp3) is 0.345. The quantitative estimate of drug-likeness (QED) is 0.354. The Morgan fingerprint density at radius 2 is 1.65 bits per heavy atom. The minimum absolute atomic E-state index is 0.00905. The standard InChI is InChI=1S/C29H32N4O4/c1-21(2)37-26-9-5-8-23(18-26)29(34)31-16-14-30(15-17-31)25-10-11-27(33(35)36)28(19-25)32-13-12-22-6-3-4-7-24(22)20-32/h3-11,18-19,21H,12-17,20H2,1-2H3. The summed E-state index contributed by atoms with van der Waals surface area (Å²) in [6.07, 6.45) is 0.905. The van der Waals surface area contributed by atoms with Gasteiger partial charge >= 0.3 is 0 Å². The minimum Gasteiger partial charge on any atom is -0.491 e. The van der Waals surface area contributed by atoms with Gasteiger partial charge in [0.05, 0.1) is 11.0 Å². The van der Waals surface area contributed by atoms with Gasteiger partial charge in [-0.2, -0.15) is 0 Å². The second-order valence-corrected chi connectivity index (χ2v) is 9.84. The average molecular weight is 501 g/mol. The van der Waals surface area contributed by atoms with Crippen LogP contribution in [0.2, 0.25) is 0 Å². The third kappa shape index (κ3) is 5.38. The van der Waals surface area contributed by atoms with Crippen LogP contribution in [0.25, 0.3) is 0 Å². The Hall–Kier alpha value is -4.07. The molecule has 0 aromatic heterocycles. The summed E-state index contributed by atoms with van der Waals surface area (Å²) >= 11 is 0. The number of carbonyl (C=O) groups excluding carboxylic acids is 1. The van der Waals surface area contributed by atoms with Crippen LogP contribution in [0.15, 0.2) is 66.7 Å². The van der Waals surface area contributed by atoms with E-state index in [2.05, 4.69) is 21.9 Å². The van der Waals surface area contributed by atoms with Gasteiger partial charge in [-0.15, -0.1) is 0 Å². The third-order valence-electron chi connectivity index (χ3n) is 7.01. The Kier molecular flexibility index (Phi) is 6.99. The Labute approximate surface area is 217 Å². The predicted octanol–water partition coefficient (Wildman–Crippen LogP) is 4.91. The van der Waals surface area contributed by atoms with E-state index >= 15 is 0 Å². The Morgan fingerprint density at radius 3 is 2.38 bits per heavy atom. The van der Waals surface area contributed by atoms with Crippen molar-refractivity contribution in [1.82, 2.24) is 4.90 Å². The van der Waals surface area contributed by atoms with Gasteiger partial charge in [0.2, 0.25) is 0 Å². The van der Waals surface area contributed by atoms with Crippen molar-refractivity contribution < 1.29 is 14.5 Å². The van der Waals surface area contributed by atoms with Gasteiger partial charge in [0.1, 0.15) is 11.4 Å². The van der Waals surface area contributed by atoms with Crippen LogP contribution >= 0.6 is 0 Å². The molecule has 192 valence electrons. The zero-order valence-corrected chi connectivity index (χ0v) is 21.3. The molecule has 0 spiro atoms. The van der Waals surface area contributed by atoms with Crippen LogP contribution in [0.5, 0.6) is 5.75 Å². The van der Waals surface area contributed by atoms with Crippen molar-refractivity contribution in [3.05, 3.63) is 93.5 Å². The summed E-state index contributed by atoms with van der Waals surface area (Å²) in [5, 5.41) is 11.8. The molecule has 5 rings (SSSR count). The number of piperazine rings is 1. The first-order chi connectivity index (χ1) is 17.9. The first-order valence-electron chi connectivity index (χ1n) is 12.8. The highest BCUT2D eigenvalue weighted by atomic mass is 16.6. The Morgan fingerprint density at radius 1 is 0.892 bits per heavy atom. The SMILES string of the molecule is CC(C)Oc1cccc(C(=O)N2CCN(c3ccc([N+](=O)[O-])c(N4CCc5ccccc5C4)c3)CC2)c1. The highest BCUT2D eigenvalue weighted by molar-refractivity contribution is 5.94. The van der Waals surface area contributed by atoms with Gasteiger partial charge in [-0.05, 0) is 61.7 Å². The summed E-state index contributed by atoms with van der Waals surface area (Å²) in [5.41, 5.74) is 4.86. The third-order valence-corrected chi connectivity index (χ3v) is 7.01. The molecule has 0 atom stereocenters. The maximum absolute atomic E-state index is 13.1. The molecule has 1 saturated heterocycles. The molecule has 2 aliphatic heterocycles. The highest BCUT2D eigenvalue weighted by Crippen LogP contribution is 2.36. The molecule has 1 fully saturated rings. The molecule has 8 heteroatoms. The molecule has 0 N–H and O–H groups in total. The summed E-state index contributed by atoms with van der Waals surface area (Å²) in [4.78, 5) is 30.8. The van der Waals surface area contributed by atoms with Crippen molar-refractivity contribution in [2.45, 2.75) is 32.9 Å². The number of ether oxygens (including phenoxy) is 1. The summed E-state index contributed by atoms with van der Waals surface area (Å²) in [7, 11) is 0. The second-order valence-electron chi connectivity index (χ2n) is 9.84. The lowest BCUT2D eigenvalue weighted by atomic mass is 9.99. The second kappa shape index (κ2) is 10.5. The van der Waals surface area contributed by atoms with Gasteiger partial charge < -0.3 is 19.4 Å². The zero-order chi connectivity index (χ0) is 25.9. The monoisotopic (exact) mass is 500 g/mol. The van der Waals surface area contributed by atoms with Crippen molar-refractivity contribution in [3.63, 3.8) is 0 Å². The van der Waals surface area contributed by atoms with Crippen LogP contribution in [-0.4, -0.2) is 54.6 Å². The summed E-state index contributed by atoms with van der Waals surface area (Å²) in [6, 6.07) is 21.0. The van der Waals surface area contributed by atoms with E-state index in [4.69, 9.17) is 4.74 Å². The van der Waals surface area contributed by atoms with Crippen LogP contribution in [0.3, 0.4) is 0 Å².